The van der Waals surface area contributed by atoms with E-state index in [4.69, 9.17) is 9.62 Å². The number of hydrogen-bond acceptors (Lipinski definition) is 5. The Morgan fingerprint density at radius 1 is 0.946 bits per heavy atom. The van der Waals surface area contributed by atoms with Crippen molar-refractivity contribution in [1.82, 2.24) is 16.1 Å². The molecular formula is C28H24FN3O5. The summed E-state index contributed by atoms with van der Waals surface area (Å²) in [7, 11) is 1.52. The quantitative estimate of drug-likeness (QED) is 0.231. The van der Waals surface area contributed by atoms with Crippen LogP contribution in [0.3, 0.4) is 0 Å². The predicted molar refractivity (Wildman–Crippen MR) is 135 cm³/mol. The molecule has 3 amide bonds. The molecule has 1 saturated carbocycles. The van der Waals surface area contributed by atoms with Crippen LogP contribution in [0.15, 0.2) is 65.1 Å². The zero-order valence-corrected chi connectivity index (χ0v) is 20.1. The van der Waals surface area contributed by atoms with Crippen LogP contribution in [-0.4, -0.2) is 35.5 Å². The molecule has 1 fully saturated rings. The lowest BCUT2D eigenvalue weighted by Crippen LogP contribution is -2.48. The number of halogens is 1. The molecule has 0 aliphatic heterocycles. The Hall–Kier alpha value is -4.50. The van der Waals surface area contributed by atoms with Crippen molar-refractivity contribution in [3.63, 3.8) is 0 Å². The summed E-state index contributed by atoms with van der Waals surface area (Å²) in [6.45, 7) is 1.90. The van der Waals surface area contributed by atoms with E-state index >= 15 is 0 Å². The van der Waals surface area contributed by atoms with Crippen molar-refractivity contribution in [1.29, 1.82) is 0 Å². The van der Waals surface area contributed by atoms with Crippen LogP contribution in [-0.2, 0) is 4.79 Å². The van der Waals surface area contributed by atoms with E-state index in [1.165, 1.54) is 19.2 Å². The summed E-state index contributed by atoms with van der Waals surface area (Å²) >= 11 is 0. The number of benzene rings is 3. The number of amides is 3. The zero-order chi connectivity index (χ0) is 26.3. The summed E-state index contributed by atoms with van der Waals surface area (Å²) in [5, 5.41) is 14.9. The minimum atomic E-state index is -1.09. The Morgan fingerprint density at radius 2 is 1.65 bits per heavy atom. The maximum absolute atomic E-state index is 13.5. The van der Waals surface area contributed by atoms with Gasteiger partial charge in [-0.2, -0.15) is 0 Å². The summed E-state index contributed by atoms with van der Waals surface area (Å²) in [6.07, 6.45) is 0.888. The highest BCUT2D eigenvalue weighted by Crippen LogP contribution is 2.38. The molecule has 0 atom stereocenters. The second-order valence-electron chi connectivity index (χ2n) is 9.11. The molecule has 0 spiro atoms. The first kappa shape index (κ1) is 24.2. The topological polar surface area (TPSA) is 121 Å². The van der Waals surface area contributed by atoms with Crippen LogP contribution >= 0.6 is 0 Å². The molecule has 0 radical (unpaired) electrons. The van der Waals surface area contributed by atoms with Crippen LogP contribution < -0.4 is 16.1 Å². The fourth-order valence-corrected chi connectivity index (χ4v) is 4.42. The van der Waals surface area contributed by atoms with Gasteiger partial charge in [-0.3, -0.25) is 19.6 Å². The van der Waals surface area contributed by atoms with E-state index < -0.39 is 23.2 Å². The molecule has 9 heteroatoms. The number of nitrogens with one attached hydrogen (secondary N) is 3. The van der Waals surface area contributed by atoms with Gasteiger partial charge >= 0.3 is 0 Å². The lowest BCUT2D eigenvalue weighted by Gasteiger charge is -2.16. The first-order valence-electron chi connectivity index (χ1n) is 11.7. The molecule has 188 valence electrons. The van der Waals surface area contributed by atoms with Crippen molar-refractivity contribution in [3.8, 4) is 22.5 Å². The van der Waals surface area contributed by atoms with Gasteiger partial charge in [-0.05, 0) is 85.0 Å². The van der Waals surface area contributed by atoms with Gasteiger partial charge in [0.2, 0.25) is 0 Å². The van der Waals surface area contributed by atoms with Gasteiger partial charge in [0, 0.05) is 23.6 Å². The highest BCUT2D eigenvalue weighted by atomic mass is 19.1. The smallest absolute Gasteiger partial charge is 0.269 e. The number of rotatable bonds is 6. The summed E-state index contributed by atoms with van der Waals surface area (Å²) in [6, 6.07) is 16.3. The lowest BCUT2D eigenvalue weighted by atomic mass is 9.95. The highest BCUT2D eigenvalue weighted by molar-refractivity contribution is 6.12. The van der Waals surface area contributed by atoms with Gasteiger partial charge in [-0.1, -0.05) is 12.1 Å². The number of carbonyl (C=O) groups excluding carboxylic acids is 3. The minimum absolute atomic E-state index is 0.322. The largest absolute Gasteiger partial charge is 0.455 e. The van der Waals surface area contributed by atoms with Crippen LogP contribution in [0.4, 0.5) is 4.39 Å². The summed E-state index contributed by atoms with van der Waals surface area (Å²) < 4.78 is 19.5. The summed E-state index contributed by atoms with van der Waals surface area (Å²) in [5.74, 6) is -1.49. The SMILES string of the molecule is CNC(=O)c1c(-c2ccc(F)cc2)oc2ccc(-c3cc(C(=O)NC4(C(=O)NO)CC4)ccc3C)cc12. The Morgan fingerprint density at radius 3 is 2.30 bits per heavy atom. The van der Waals surface area contributed by atoms with Crippen molar-refractivity contribution in [3.05, 3.63) is 83.2 Å². The standard InChI is InChI=1S/C28H24FN3O5/c1-15-3-4-18(25(33)31-28(11-12-28)27(35)32-36)14-20(15)17-7-10-22-21(13-17)23(26(34)30-2)24(37-22)16-5-8-19(29)9-6-16/h3-10,13-14,36H,11-12H2,1-2H3,(H,30,34)(H,31,33)(H,32,35). The molecule has 0 bridgehead atoms. The molecule has 3 aromatic carbocycles. The minimum Gasteiger partial charge on any atom is -0.455 e. The number of hydroxylamine groups is 1. The normalized spacial score (nSPS) is 13.7. The molecule has 1 heterocycles. The maximum atomic E-state index is 13.5. The fraction of sp³-hybridized carbons (Fsp3) is 0.179. The van der Waals surface area contributed by atoms with Gasteiger partial charge in [0.15, 0.2) is 0 Å². The Bertz CT molecular complexity index is 1550. The Labute approximate surface area is 211 Å². The van der Waals surface area contributed by atoms with Gasteiger partial charge in [0.05, 0.1) is 5.56 Å². The van der Waals surface area contributed by atoms with Crippen molar-refractivity contribution in [2.45, 2.75) is 25.3 Å². The molecular weight excluding hydrogens is 477 g/mol. The maximum Gasteiger partial charge on any atom is 0.269 e. The van der Waals surface area contributed by atoms with E-state index in [0.717, 1.165) is 16.7 Å². The molecule has 37 heavy (non-hydrogen) atoms. The van der Waals surface area contributed by atoms with E-state index in [2.05, 4.69) is 10.6 Å². The second kappa shape index (κ2) is 9.18. The molecule has 0 saturated heterocycles. The zero-order valence-electron chi connectivity index (χ0n) is 20.1. The van der Waals surface area contributed by atoms with Gasteiger partial charge in [-0.25, -0.2) is 9.87 Å². The van der Waals surface area contributed by atoms with Gasteiger partial charge in [0.25, 0.3) is 17.7 Å². The van der Waals surface area contributed by atoms with E-state index in [-0.39, 0.29) is 5.91 Å². The molecule has 8 nitrogen and oxygen atoms in total. The summed E-state index contributed by atoms with van der Waals surface area (Å²) in [4.78, 5) is 37.7. The average Bonchev–Trinajstić information content (AvgIpc) is 3.59. The highest BCUT2D eigenvalue weighted by Gasteiger charge is 2.51. The summed E-state index contributed by atoms with van der Waals surface area (Å²) in [5.41, 5.74) is 4.65. The number of hydrogen-bond donors (Lipinski definition) is 4. The Balaban J connectivity index is 1.57. The number of furan rings is 1. The fourth-order valence-electron chi connectivity index (χ4n) is 4.42. The van der Waals surface area contributed by atoms with Crippen LogP contribution in [0.2, 0.25) is 0 Å². The van der Waals surface area contributed by atoms with Gasteiger partial charge < -0.3 is 15.1 Å². The van der Waals surface area contributed by atoms with Gasteiger partial charge in [0.1, 0.15) is 22.7 Å². The second-order valence-corrected chi connectivity index (χ2v) is 9.11. The third-order valence-corrected chi connectivity index (χ3v) is 6.70. The first-order chi connectivity index (χ1) is 17.8. The van der Waals surface area contributed by atoms with Crippen LogP contribution in [0, 0.1) is 12.7 Å². The van der Waals surface area contributed by atoms with Crippen molar-refractivity contribution >= 4 is 28.7 Å². The Kier molecular flexibility index (Phi) is 6.01. The van der Waals surface area contributed by atoms with E-state index in [9.17, 15) is 18.8 Å². The molecule has 1 aliphatic carbocycles. The van der Waals surface area contributed by atoms with Crippen LogP contribution in [0.25, 0.3) is 33.4 Å². The van der Waals surface area contributed by atoms with E-state index in [0.29, 0.717) is 46.3 Å². The third kappa shape index (κ3) is 4.34. The molecule has 0 unspecified atom stereocenters. The molecule has 5 rings (SSSR count). The number of fused-ring (bicyclic) bond motifs is 1. The first-order valence-corrected chi connectivity index (χ1v) is 11.7. The van der Waals surface area contributed by atoms with Crippen molar-refractivity contribution in [2.75, 3.05) is 7.05 Å². The molecule has 4 aromatic rings. The molecule has 1 aliphatic rings. The third-order valence-electron chi connectivity index (χ3n) is 6.70. The molecule has 4 N–H and O–H groups in total. The number of carbonyl (C=O) groups is 3. The number of aryl methyl sites for hydroxylation is 1. The molecule has 1 aromatic heterocycles. The lowest BCUT2D eigenvalue weighted by molar-refractivity contribution is -0.132. The average molecular weight is 502 g/mol. The van der Waals surface area contributed by atoms with E-state index in [1.807, 2.05) is 19.1 Å². The van der Waals surface area contributed by atoms with E-state index in [1.54, 1.807) is 41.9 Å². The van der Waals surface area contributed by atoms with Crippen LogP contribution in [0.5, 0.6) is 0 Å². The van der Waals surface area contributed by atoms with Crippen molar-refractivity contribution < 1.29 is 28.4 Å². The monoisotopic (exact) mass is 501 g/mol. The van der Waals surface area contributed by atoms with Crippen LogP contribution in [0.1, 0.15) is 39.1 Å². The predicted octanol–water partition coefficient (Wildman–Crippen LogP) is 4.34. The van der Waals surface area contributed by atoms with Crippen molar-refractivity contribution in [2.24, 2.45) is 0 Å². The van der Waals surface area contributed by atoms with Gasteiger partial charge in [-0.15, -0.1) is 0 Å².